The van der Waals surface area contributed by atoms with E-state index in [1.165, 1.54) is 38.8 Å². The number of hydrogen-bond donors (Lipinski definition) is 2. The van der Waals surface area contributed by atoms with Crippen molar-refractivity contribution in [3.63, 3.8) is 0 Å². The predicted molar refractivity (Wildman–Crippen MR) is 85.4 cm³/mol. The van der Waals surface area contributed by atoms with Crippen LogP contribution < -0.4 is 15.8 Å². The summed E-state index contributed by atoms with van der Waals surface area (Å²) in [5.74, 6) is 0.771. The van der Waals surface area contributed by atoms with E-state index in [1.807, 2.05) is 25.1 Å². The maximum atomic E-state index is 5.88. The van der Waals surface area contributed by atoms with E-state index in [9.17, 15) is 0 Å². The topological polar surface area (TPSA) is 50.5 Å². The molecule has 4 heteroatoms. The van der Waals surface area contributed by atoms with Crippen LogP contribution >= 0.6 is 0 Å². The Morgan fingerprint density at radius 1 is 1.20 bits per heavy atom. The van der Waals surface area contributed by atoms with E-state index in [0.29, 0.717) is 12.3 Å². The van der Waals surface area contributed by atoms with E-state index >= 15 is 0 Å². The molecule has 0 radical (unpaired) electrons. The molecule has 0 aliphatic carbocycles. The first-order valence-electron chi connectivity index (χ1n) is 7.78. The maximum absolute atomic E-state index is 5.88. The fourth-order valence-electron chi connectivity index (χ4n) is 2.64. The minimum atomic E-state index is 0.640. The summed E-state index contributed by atoms with van der Waals surface area (Å²) in [5.41, 5.74) is 7.66. The smallest absolute Gasteiger partial charge is 0.144 e. The van der Waals surface area contributed by atoms with Gasteiger partial charge in [-0.2, -0.15) is 0 Å². The summed E-state index contributed by atoms with van der Waals surface area (Å²) in [6.07, 6.45) is 5.46. The lowest BCUT2D eigenvalue weighted by Crippen LogP contribution is -2.29. The van der Waals surface area contributed by atoms with Gasteiger partial charge in [0.1, 0.15) is 5.75 Å². The number of nitrogens with two attached hydrogens (primary N) is 1. The summed E-state index contributed by atoms with van der Waals surface area (Å²) in [4.78, 5) is 2.56. The van der Waals surface area contributed by atoms with Gasteiger partial charge in [-0.15, -0.1) is 0 Å². The molecule has 0 amide bonds. The number of nitrogens with one attached hydrogen (secondary N) is 1. The van der Waals surface area contributed by atoms with E-state index < -0.39 is 0 Å². The van der Waals surface area contributed by atoms with Crippen molar-refractivity contribution in [2.24, 2.45) is 0 Å². The molecule has 0 aromatic heterocycles. The molecule has 1 aliphatic heterocycles. The van der Waals surface area contributed by atoms with Crippen LogP contribution in [-0.2, 0) is 0 Å². The van der Waals surface area contributed by atoms with Crippen molar-refractivity contribution >= 4 is 11.4 Å². The van der Waals surface area contributed by atoms with Gasteiger partial charge in [-0.05, 0) is 45.0 Å². The summed E-state index contributed by atoms with van der Waals surface area (Å²) in [5, 5.41) is 3.46. The summed E-state index contributed by atoms with van der Waals surface area (Å²) >= 11 is 0. The fraction of sp³-hybridized carbons (Fsp3) is 0.625. The molecule has 1 saturated heterocycles. The number of benzene rings is 1. The second kappa shape index (κ2) is 8.00. The molecular formula is C16H27N3O. The van der Waals surface area contributed by atoms with E-state index in [4.69, 9.17) is 10.5 Å². The van der Waals surface area contributed by atoms with Crippen LogP contribution in [0.4, 0.5) is 11.4 Å². The third-order valence-electron chi connectivity index (χ3n) is 3.77. The van der Waals surface area contributed by atoms with Gasteiger partial charge in [0.05, 0.1) is 12.3 Å². The zero-order valence-electron chi connectivity index (χ0n) is 12.5. The van der Waals surface area contributed by atoms with Crippen LogP contribution in [0.2, 0.25) is 0 Å². The first-order chi connectivity index (χ1) is 9.79. The highest BCUT2D eigenvalue weighted by molar-refractivity contribution is 5.61. The number of hydrogen-bond acceptors (Lipinski definition) is 4. The number of nitrogens with zero attached hydrogens (tertiary/aromatic N) is 1. The van der Waals surface area contributed by atoms with Crippen molar-refractivity contribution in [3.8, 4) is 5.75 Å². The molecule has 0 atom stereocenters. The van der Waals surface area contributed by atoms with Crippen LogP contribution in [0.3, 0.4) is 0 Å². The zero-order valence-corrected chi connectivity index (χ0v) is 12.5. The van der Waals surface area contributed by atoms with Crippen LogP contribution in [0.5, 0.6) is 5.75 Å². The third-order valence-corrected chi connectivity index (χ3v) is 3.77. The van der Waals surface area contributed by atoms with Crippen molar-refractivity contribution < 1.29 is 4.74 Å². The Hall–Kier alpha value is -1.42. The van der Waals surface area contributed by atoms with Gasteiger partial charge in [-0.3, -0.25) is 0 Å². The largest absolute Gasteiger partial charge is 0.492 e. The average molecular weight is 277 g/mol. The van der Waals surface area contributed by atoms with Crippen molar-refractivity contribution in [1.82, 2.24) is 4.90 Å². The number of rotatable bonds is 6. The summed E-state index contributed by atoms with van der Waals surface area (Å²) in [6.45, 7) is 7.17. The molecule has 0 saturated carbocycles. The molecule has 2 rings (SSSR count). The molecular weight excluding hydrogens is 250 g/mol. The van der Waals surface area contributed by atoms with Crippen LogP contribution in [0.1, 0.15) is 32.6 Å². The molecule has 4 nitrogen and oxygen atoms in total. The second-order valence-electron chi connectivity index (χ2n) is 5.37. The van der Waals surface area contributed by atoms with Gasteiger partial charge in [0.25, 0.3) is 0 Å². The Morgan fingerprint density at radius 2 is 1.95 bits per heavy atom. The molecule has 3 N–H and O–H groups in total. The first-order valence-corrected chi connectivity index (χ1v) is 7.78. The average Bonchev–Trinajstić information content (AvgIpc) is 2.71. The van der Waals surface area contributed by atoms with Crippen LogP contribution in [0.15, 0.2) is 18.2 Å². The van der Waals surface area contributed by atoms with Crippen LogP contribution in [0.25, 0.3) is 0 Å². The van der Waals surface area contributed by atoms with E-state index in [-0.39, 0.29) is 0 Å². The standard InChI is InChI=1S/C16H27N3O/c1-2-20-16-13-14(7-8-15(16)17)18-9-12-19-10-5-3-4-6-11-19/h7-8,13,18H,2-6,9-12,17H2,1H3. The Balaban J connectivity index is 1.79. The van der Waals surface area contributed by atoms with Gasteiger partial charge >= 0.3 is 0 Å². The lowest BCUT2D eigenvalue weighted by molar-refractivity contribution is 0.296. The molecule has 1 fully saturated rings. The quantitative estimate of drug-likeness (QED) is 0.785. The molecule has 1 heterocycles. The van der Waals surface area contributed by atoms with Gasteiger partial charge in [-0.25, -0.2) is 0 Å². The van der Waals surface area contributed by atoms with Gasteiger partial charge < -0.3 is 20.7 Å². The van der Waals surface area contributed by atoms with Crippen molar-refractivity contribution in [2.75, 3.05) is 43.8 Å². The highest BCUT2D eigenvalue weighted by Crippen LogP contribution is 2.25. The van der Waals surface area contributed by atoms with Crippen molar-refractivity contribution in [3.05, 3.63) is 18.2 Å². The second-order valence-corrected chi connectivity index (χ2v) is 5.37. The molecule has 112 valence electrons. The Bertz CT molecular complexity index is 401. The maximum Gasteiger partial charge on any atom is 0.144 e. The molecule has 20 heavy (non-hydrogen) atoms. The minimum absolute atomic E-state index is 0.640. The van der Waals surface area contributed by atoms with E-state index in [2.05, 4.69) is 10.2 Å². The summed E-state index contributed by atoms with van der Waals surface area (Å²) < 4.78 is 5.51. The number of ether oxygens (including phenoxy) is 1. The zero-order chi connectivity index (χ0) is 14.2. The normalized spacial score (nSPS) is 16.6. The number of anilines is 2. The summed E-state index contributed by atoms with van der Waals surface area (Å²) in [6, 6.07) is 5.90. The van der Waals surface area contributed by atoms with Crippen LogP contribution in [-0.4, -0.2) is 37.7 Å². The molecule has 1 aliphatic rings. The predicted octanol–water partition coefficient (Wildman–Crippen LogP) is 2.96. The monoisotopic (exact) mass is 277 g/mol. The summed E-state index contributed by atoms with van der Waals surface area (Å²) in [7, 11) is 0. The minimum Gasteiger partial charge on any atom is -0.492 e. The van der Waals surface area contributed by atoms with Crippen molar-refractivity contribution in [1.29, 1.82) is 0 Å². The lowest BCUT2D eigenvalue weighted by Gasteiger charge is -2.20. The highest BCUT2D eigenvalue weighted by atomic mass is 16.5. The first kappa shape index (κ1) is 15.0. The van der Waals surface area contributed by atoms with Gasteiger partial charge in [0.15, 0.2) is 0 Å². The third kappa shape index (κ3) is 4.60. The van der Waals surface area contributed by atoms with E-state index in [0.717, 1.165) is 24.5 Å². The molecule has 0 spiro atoms. The number of nitrogen functional groups attached to an aromatic ring is 1. The van der Waals surface area contributed by atoms with Gasteiger partial charge in [-0.1, -0.05) is 12.8 Å². The number of likely N-dealkylation sites (tertiary alicyclic amines) is 1. The lowest BCUT2D eigenvalue weighted by atomic mass is 10.2. The molecule has 0 unspecified atom stereocenters. The SMILES string of the molecule is CCOc1cc(NCCN2CCCCCC2)ccc1N. The highest BCUT2D eigenvalue weighted by Gasteiger charge is 2.08. The Kier molecular flexibility index (Phi) is 5.99. The fourth-order valence-corrected chi connectivity index (χ4v) is 2.64. The Labute approximate surface area is 122 Å². The molecule has 1 aromatic carbocycles. The van der Waals surface area contributed by atoms with Crippen molar-refractivity contribution in [2.45, 2.75) is 32.6 Å². The Morgan fingerprint density at radius 3 is 2.65 bits per heavy atom. The van der Waals surface area contributed by atoms with Crippen LogP contribution in [0, 0.1) is 0 Å². The van der Waals surface area contributed by atoms with E-state index in [1.54, 1.807) is 0 Å². The van der Waals surface area contributed by atoms with Gasteiger partial charge in [0, 0.05) is 24.8 Å². The van der Waals surface area contributed by atoms with Gasteiger partial charge in [0.2, 0.25) is 0 Å². The molecule has 0 bridgehead atoms. The molecule has 1 aromatic rings.